The van der Waals surface area contributed by atoms with Gasteiger partial charge in [-0.25, -0.2) is 0 Å². The number of nitrogens with zero attached hydrogens (tertiary/aromatic N) is 2. The van der Waals surface area contributed by atoms with Crippen LogP contribution in [-0.4, -0.2) is 76.1 Å². The van der Waals surface area contributed by atoms with Crippen molar-refractivity contribution < 1.29 is 9.47 Å². The third-order valence-corrected chi connectivity index (χ3v) is 5.26. The lowest BCUT2D eigenvalue weighted by Crippen LogP contribution is -2.39. The van der Waals surface area contributed by atoms with E-state index in [1.54, 1.807) is 0 Å². The zero-order valence-corrected chi connectivity index (χ0v) is 19.7. The molecule has 27 heavy (non-hydrogen) atoms. The van der Waals surface area contributed by atoms with Crippen molar-refractivity contribution in [2.75, 3.05) is 59.1 Å². The Balaban J connectivity index is 0.00000364. The van der Waals surface area contributed by atoms with Crippen molar-refractivity contribution >= 4 is 29.9 Å². The van der Waals surface area contributed by atoms with Gasteiger partial charge in [-0.15, -0.1) is 24.0 Å². The predicted molar refractivity (Wildman–Crippen MR) is 123 cm³/mol. The number of hydrogen-bond acceptors (Lipinski definition) is 4. The summed E-state index contributed by atoms with van der Waals surface area (Å²) in [6.07, 6.45) is 7.30. The van der Waals surface area contributed by atoms with Crippen LogP contribution in [-0.2, 0) is 9.47 Å². The van der Waals surface area contributed by atoms with E-state index in [0.717, 1.165) is 70.6 Å². The second-order valence-electron chi connectivity index (χ2n) is 7.60. The summed E-state index contributed by atoms with van der Waals surface area (Å²) in [5.74, 6) is 1.85. The normalized spacial score (nSPS) is 20.3. The SMILES string of the molecule is CCNC(=NCCCOC1CCOCC1)NCCCN1CCC(C)CC1.I. The molecule has 6 nitrogen and oxygen atoms in total. The molecular weight excluding hydrogens is 455 g/mol. The van der Waals surface area contributed by atoms with Gasteiger partial charge in [0.05, 0.1) is 6.10 Å². The predicted octanol–water partition coefficient (Wildman–Crippen LogP) is 2.87. The number of ether oxygens (including phenoxy) is 2. The average molecular weight is 496 g/mol. The Morgan fingerprint density at radius 1 is 1.11 bits per heavy atom. The molecule has 2 saturated heterocycles. The fourth-order valence-corrected chi connectivity index (χ4v) is 3.48. The molecule has 0 bridgehead atoms. The molecule has 0 saturated carbocycles. The van der Waals surface area contributed by atoms with Gasteiger partial charge in [0.25, 0.3) is 0 Å². The highest BCUT2D eigenvalue weighted by molar-refractivity contribution is 14.0. The summed E-state index contributed by atoms with van der Waals surface area (Å²) >= 11 is 0. The molecule has 2 N–H and O–H groups in total. The molecule has 2 fully saturated rings. The smallest absolute Gasteiger partial charge is 0.191 e. The molecule has 0 unspecified atom stereocenters. The number of rotatable bonds is 10. The third-order valence-electron chi connectivity index (χ3n) is 5.26. The third kappa shape index (κ3) is 11.5. The average Bonchev–Trinajstić information content (AvgIpc) is 2.67. The van der Waals surface area contributed by atoms with Crippen molar-refractivity contribution in [2.45, 2.75) is 58.5 Å². The molecule has 2 aliphatic heterocycles. The summed E-state index contributed by atoms with van der Waals surface area (Å²) in [6.45, 7) is 13.4. The Labute approximate surface area is 183 Å². The van der Waals surface area contributed by atoms with Crippen molar-refractivity contribution in [3.05, 3.63) is 0 Å². The topological polar surface area (TPSA) is 58.1 Å². The van der Waals surface area contributed by atoms with Crippen molar-refractivity contribution in [1.82, 2.24) is 15.5 Å². The summed E-state index contributed by atoms with van der Waals surface area (Å²) in [7, 11) is 0. The van der Waals surface area contributed by atoms with Crippen LogP contribution in [0.3, 0.4) is 0 Å². The van der Waals surface area contributed by atoms with Gasteiger partial charge in [0, 0.05) is 39.5 Å². The molecule has 0 aliphatic carbocycles. The van der Waals surface area contributed by atoms with E-state index in [4.69, 9.17) is 9.47 Å². The van der Waals surface area contributed by atoms with E-state index < -0.39 is 0 Å². The van der Waals surface area contributed by atoms with E-state index in [9.17, 15) is 0 Å². The fourth-order valence-electron chi connectivity index (χ4n) is 3.48. The second kappa shape index (κ2) is 15.8. The van der Waals surface area contributed by atoms with Gasteiger partial charge in [-0.2, -0.15) is 0 Å². The largest absolute Gasteiger partial charge is 0.381 e. The van der Waals surface area contributed by atoms with Gasteiger partial charge in [0.15, 0.2) is 5.96 Å². The van der Waals surface area contributed by atoms with Crippen LogP contribution < -0.4 is 10.6 Å². The Kier molecular flexibility index (Phi) is 14.5. The molecular formula is C20H41IN4O2. The molecule has 0 radical (unpaired) electrons. The Morgan fingerprint density at radius 2 is 1.85 bits per heavy atom. The van der Waals surface area contributed by atoms with Gasteiger partial charge in [-0.05, 0) is 71.0 Å². The summed E-state index contributed by atoms with van der Waals surface area (Å²) in [4.78, 5) is 7.26. The number of halogens is 1. The maximum atomic E-state index is 5.90. The number of guanidine groups is 1. The van der Waals surface area contributed by atoms with Crippen LogP contribution >= 0.6 is 24.0 Å². The van der Waals surface area contributed by atoms with Crippen LogP contribution in [0.5, 0.6) is 0 Å². The zero-order valence-electron chi connectivity index (χ0n) is 17.4. The van der Waals surface area contributed by atoms with Crippen LogP contribution in [0.1, 0.15) is 52.4 Å². The summed E-state index contributed by atoms with van der Waals surface area (Å²) < 4.78 is 11.3. The molecule has 7 heteroatoms. The summed E-state index contributed by atoms with van der Waals surface area (Å²) in [6, 6.07) is 0. The van der Waals surface area contributed by atoms with Gasteiger partial charge >= 0.3 is 0 Å². The summed E-state index contributed by atoms with van der Waals surface area (Å²) in [5, 5.41) is 6.80. The summed E-state index contributed by atoms with van der Waals surface area (Å²) in [5.41, 5.74) is 0. The van der Waals surface area contributed by atoms with E-state index in [2.05, 4.69) is 34.4 Å². The first-order valence-electron chi connectivity index (χ1n) is 10.7. The first kappa shape index (κ1) is 24.9. The first-order chi connectivity index (χ1) is 12.8. The van der Waals surface area contributed by atoms with Gasteiger partial charge in [-0.3, -0.25) is 4.99 Å². The number of piperidine rings is 1. The van der Waals surface area contributed by atoms with E-state index in [-0.39, 0.29) is 24.0 Å². The van der Waals surface area contributed by atoms with Crippen LogP contribution in [0.15, 0.2) is 4.99 Å². The lowest BCUT2D eigenvalue weighted by molar-refractivity contribution is -0.0318. The highest BCUT2D eigenvalue weighted by atomic mass is 127. The Bertz CT molecular complexity index is 384. The quantitative estimate of drug-likeness (QED) is 0.211. The number of likely N-dealkylation sites (tertiary alicyclic amines) is 1. The molecule has 2 aliphatic rings. The molecule has 0 aromatic carbocycles. The Hall–Kier alpha value is -0.120. The molecule has 0 atom stereocenters. The molecule has 160 valence electrons. The highest BCUT2D eigenvalue weighted by Gasteiger charge is 2.15. The van der Waals surface area contributed by atoms with Gasteiger partial charge in [-0.1, -0.05) is 6.92 Å². The fraction of sp³-hybridized carbons (Fsp3) is 0.950. The lowest BCUT2D eigenvalue weighted by atomic mass is 9.99. The van der Waals surface area contributed by atoms with E-state index in [1.165, 1.54) is 38.9 Å². The molecule has 0 aromatic heterocycles. The minimum Gasteiger partial charge on any atom is -0.381 e. The van der Waals surface area contributed by atoms with E-state index >= 15 is 0 Å². The van der Waals surface area contributed by atoms with Crippen molar-refractivity contribution in [3.63, 3.8) is 0 Å². The van der Waals surface area contributed by atoms with E-state index in [0.29, 0.717) is 6.10 Å². The van der Waals surface area contributed by atoms with Crippen LogP contribution in [0.2, 0.25) is 0 Å². The van der Waals surface area contributed by atoms with Gasteiger partial charge < -0.3 is 25.0 Å². The van der Waals surface area contributed by atoms with Crippen LogP contribution in [0, 0.1) is 5.92 Å². The maximum absolute atomic E-state index is 5.90. The molecule has 2 rings (SSSR count). The van der Waals surface area contributed by atoms with Crippen LogP contribution in [0.25, 0.3) is 0 Å². The zero-order chi connectivity index (χ0) is 18.5. The van der Waals surface area contributed by atoms with Crippen molar-refractivity contribution in [2.24, 2.45) is 10.9 Å². The first-order valence-corrected chi connectivity index (χ1v) is 10.7. The number of hydrogen-bond donors (Lipinski definition) is 2. The van der Waals surface area contributed by atoms with Crippen LogP contribution in [0.4, 0.5) is 0 Å². The van der Waals surface area contributed by atoms with Gasteiger partial charge in [0.1, 0.15) is 0 Å². The maximum Gasteiger partial charge on any atom is 0.191 e. The molecule has 0 spiro atoms. The molecule has 0 aromatic rings. The second-order valence-corrected chi connectivity index (χ2v) is 7.60. The van der Waals surface area contributed by atoms with Crippen molar-refractivity contribution in [1.29, 1.82) is 0 Å². The number of aliphatic imine (C=N–C) groups is 1. The minimum atomic E-state index is 0. The highest BCUT2D eigenvalue weighted by Crippen LogP contribution is 2.15. The monoisotopic (exact) mass is 496 g/mol. The number of nitrogens with one attached hydrogen (secondary N) is 2. The molecule has 0 amide bonds. The lowest BCUT2D eigenvalue weighted by Gasteiger charge is -2.30. The molecule has 2 heterocycles. The van der Waals surface area contributed by atoms with E-state index in [1.807, 2.05) is 0 Å². The van der Waals surface area contributed by atoms with Crippen molar-refractivity contribution in [3.8, 4) is 0 Å². The minimum absolute atomic E-state index is 0. The standard InChI is InChI=1S/C20H40N4O2.HI/c1-3-21-20(22-10-4-12-24-13-6-18(2)7-14-24)23-11-5-15-26-19-8-16-25-17-9-19;/h18-19H,3-17H2,1-2H3,(H2,21,22,23);1H. The Morgan fingerprint density at radius 3 is 2.56 bits per heavy atom. The van der Waals surface area contributed by atoms with Gasteiger partial charge in [0.2, 0.25) is 0 Å².